The van der Waals surface area contributed by atoms with Crippen molar-refractivity contribution in [2.24, 2.45) is 0 Å². The largest absolute Gasteiger partial charge is 0.310 e. The Hall–Kier alpha value is -6.44. The van der Waals surface area contributed by atoms with Crippen molar-refractivity contribution >= 4 is 17.1 Å². The summed E-state index contributed by atoms with van der Waals surface area (Å²) in [5.74, 6) is 0. The zero-order valence-corrected chi connectivity index (χ0v) is 32.2. The average Bonchev–Trinajstić information content (AvgIpc) is 3.86. The van der Waals surface area contributed by atoms with Gasteiger partial charge in [-0.1, -0.05) is 167 Å². The third-order valence-electron chi connectivity index (χ3n) is 13.9. The van der Waals surface area contributed by atoms with Crippen LogP contribution in [0.5, 0.6) is 0 Å². The van der Waals surface area contributed by atoms with Gasteiger partial charge in [-0.15, -0.1) is 0 Å². The summed E-state index contributed by atoms with van der Waals surface area (Å²) in [5, 5.41) is 0. The number of rotatable bonds is 3. The van der Waals surface area contributed by atoms with Crippen LogP contribution in [-0.2, 0) is 16.2 Å². The molecule has 1 spiro atoms. The van der Waals surface area contributed by atoms with Crippen LogP contribution in [-0.4, -0.2) is 0 Å². The van der Waals surface area contributed by atoms with Gasteiger partial charge >= 0.3 is 0 Å². The minimum atomic E-state index is -0.413. The van der Waals surface area contributed by atoms with Crippen LogP contribution in [0.2, 0.25) is 0 Å². The molecule has 8 aromatic carbocycles. The van der Waals surface area contributed by atoms with Crippen molar-refractivity contribution in [3.63, 3.8) is 0 Å². The van der Waals surface area contributed by atoms with Crippen molar-refractivity contribution in [2.45, 2.75) is 43.9 Å². The minimum Gasteiger partial charge on any atom is -0.310 e. The first-order valence-electron chi connectivity index (χ1n) is 20.0. The molecule has 56 heavy (non-hydrogen) atoms. The van der Waals surface area contributed by atoms with Crippen molar-refractivity contribution in [1.82, 2.24) is 0 Å². The Balaban J connectivity index is 1.13. The van der Waals surface area contributed by atoms with E-state index < -0.39 is 5.41 Å². The van der Waals surface area contributed by atoms with E-state index in [2.05, 4.69) is 209 Å². The molecule has 0 saturated carbocycles. The first-order valence-corrected chi connectivity index (χ1v) is 20.0. The molecule has 0 N–H and O–H groups in total. The first-order chi connectivity index (χ1) is 27.3. The lowest BCUT2D eigenvalue weighted by atomic mass is 9.70. The Bertz CT molecular complexity index is 2930. The monoisotopic (exact) mass is 715 g/mol. The molecule has 0 radical (unpaired) electrons. The van der Waals surface area contributed by atoms with Crippen molar-refractivity contribution in [1.29, 1.82) is 0 Å². The fraction of sp³-hybridized carbons (Fsp3) is 0.127. The molecule has 0 amide bonds. The normalized spacial score (nSPS) is 15.9. The Morgan fingerprint density at radius 1 is 0.268 bits per heavy atom. The van der Waals surface area contributed by atoms with E-state index in [1.165, 1.54) is 100 Å². The second kappa shape index (κ2) is 10.9. The van der Waals surface area contributed by atoms with E-state index >= 15 is 0 Å². The highest BCUT2D eigenvalue weighted by molar-refractivity contribution is 5.97. The lowest BCUT2D eigenvalue weighted by Gasteiger charge is -2.33. The van der Waals surface area contributed by atoms with Gasteiger partial charge in [0, 0.05) is 27.9 Å². The third kappa shape index (κ3) is 3.85. The SMILES string of the molecule is CC1(C)c2ccccc2-c2cc(N(c3ccc4c(c3)C(C)(C)c3ccccc3-4)c3ccc4c(c3)C3(c5ccccc5-c5ccccc53)c3ccccc3-4)ccc21. The molecule has 4 aliphatic carbocycles. The number of hydrogen-bond acceptors (Lipinski definition) is 1. The van der Waals surface area contributed by atoms with Gasteiger partial charge in [0.1, 0.15) is 0 Å². The van der Waals surface area contributed by atoms with Crippen LogP contribution in [0.3, 0.4) is 0 Å². The first kappa shape index (κ1) is 31.9. The molecule has 0 atom stereocenters. The predicted octanol–water partition coefficient (Wildman–Crippen LogP) is 14.1. The zero-order chi connectivity index (χ0) is 37.6. The molecule has 0 aliphatic heterocycles. The summed E-state index contributed by atoms with van der Waals surface area (Å²) in [7, 11) is 0. The Kier molecular flexibility index (Phi) is 6.18. The molecule has 0 fully saturated rings. The van der Waals surface area contributed by atoms with Crippen molar-refractivity contribution in [2.75, 3.05) is 4.90 Å². The van der Waals surface area contributed by atoms with Gasteiger partial charge in [0.05, 0.1) is 5.41 Å². The van der Waals surface area contributed by atoms with Crippen LogP contribution >= 0.6 is 0 Å². The lowest BCUT2D eigenvalue weighted by Crippen LogP contribution is -2.26. The van der Waals surface area contributed by atoms with E-state index in [9.17, 15) is 0 Å². The molecule has 266 valence electrons. The molecule has 1 heteroatoms. The maximum absolute atomic E-state index is 2.53. The van der Waals surface area contributed by atoms with Crippen LogP contribution < -0.4 is 4.90 Å². The van der Waals surface area contributed by atoms with Crippen molar-refractivity contribution in [3.8, 4) is 44.5 Å². The van der Waals surface area contributed by atoms with Gasteiger partial charge in [-0.05, 0) is 125 Å². The number of anilines is 3. The summed E-state index contributed by atoms with van der Waals surface area (Å²) in [6.07, 6.45) is 0. The van der Waals surface area contributed by atoms with E-state index in [0.717, 1.165) is 5.69 Å². The number of benzene rings is 8. The third-order valence-corrected chi connectivity index (χ3v) is 13.9. The van der Waals surface area contributed by atoms with Gasteiger partial charge < -0.3 is 4.90 Å². The quantitative estimate of drug-likeness (QED) is 0.176. The molecule has 0 aromatic heterocycles. The summed E-state index contributed by atoms with van der Waals surface area (Å²) >= 11 is 0. The molecule has 0 bridgehead atoms. The van der Waals surface area contributed by atoms with Crippen LogP contribution in [0.15, 0.2) is 176 Å². The maximum Gasteiger partial charge on any atom is 0.0726 e. The molecule has 4 aliphatic rings. The van der Waals surface area contributed by atoms with E-state index in [0.29, 0.717) is 0 Å². The van der Waals surface area contributed by atoms with Gasteiger partial charge in [-0.3, -0.25) is 0 Å². The van der Waals surface area contributed by atoms with Crippen molar-refractivity contribution in [3.05, 3.63) is 220 Å². The maximum atomic E-state index is 2.53. The number of nitrogens with zero attached hydrogens (tertiary/aromatic N) is 1. The highest BCUT2D eigenvalue weighted by atomic mass is 15.1. The molecule has 1 nitrogen and oxygen atoms in total. The van der Waals surface area contributed by atoms with Crippen LogP contribution in [0.4, 0.5) is 17.1 Å². The molecular weight excluding hydrogens is 675 g/mol. The summed E-state index contributed by atoms with van der Waals surface area (Å²) in [6.45, 7) is 9.49. The average molecular weight is 716 g/mol. The standard InChI is InChI=1S/C55H41N/c1-53(2)46-21-11-6-19-41(46)44-31-34(27-30-47(44)53)56(35-25-28-42-37-15-5-10-20-45(37)54(3,4)51(42)32-35)36-26-29-43-40-18-9-14-24-50(40)55(52(43)33-36)48-22-12-7-16-38(48)39-17-8-13-23-49(39)55/h5-33H,1-4H3. The number of fused-ring (bicyclic) bond motifs is 16. The lowest BCUT2D eigenvalue weighted by molar-refractivity contribution is 0.660. The fourth-order valence-electron chi connectivity index (χ4n) is 11.3. The topological polar surface area (TPSA) is 3.24 Å². The summed E-state index contributed by atoms with van der Waals surface area (Å²) in [4.78, 5) is 2.53. The Morgan fingerprint density at radius 2 is 0.589 bits per heavy atom. The van der Waals surface area contributed by atoms with Gasteiger partial charge in [0.15, 0.2) is 0 Å². The predicted molar refractivity (Wildman–Crippen MR) is 233 cm³/mol. The van der Waals surface area contributed by atoms with Crippen LogP contribution in [0.1, 0.15) is 72.2 Å². The zero-order valence-electron chi connectivity index (χ0n) is 32.2. The van der Waals surface area contributed by atoms with Crippen LogP contribution in [0.25, 0.3) is 44.5 Å². The second-order valence-corrected chi connectivity index (χ2v) is 17.3. The minimum absolute atomic E-state index is 0.0619. The number of hydrogen-bond donors (Lipinski definition) is 0. The Labute approximate surface area is 329 Å². The molecule has 0 heterocycles. The van der Waals surface area contributed by atoms with Crippen molar-refractivity contribution < 1.29 is 0 Å². The second-order valence-electron chi connectivity index (χ2n) is 17.3. The molecule has 0 saturated heterocycles. The van der Waals surface area contributed by atoms with Gasteiger partial charge in [0.25, 0.3) is 0 Å². The van der Waals surface area contributed by atoms with Gasteiger partial charge in [-0.25, -0.2) is 0 Å². The summed E-state index contributed by atoms with van der Waals surface area (Å²) in [5.41, 5.74) is 24.5. The van der Waals surface area contributed by atoms with E-state index in [1.807, 2.05) is 0 Å². The molecule has 12 rings (SSSR count). The highest BCUT2D eigenvalue weighted by Gasteiger charge is 2.51. The smallest absolute Gasteiger partial charge is 0.0726 e. The fourth-order valence-corrected chi connectivity index (χ4v) is 11.3. The highest BCUT2D eigenvalue weighted by Crippen LogP contribution is 2.63. The summed E-state index contributed by atoms with van der Waals surface area (Å²) < 4.78 is 0. The summed E-state index contributed by atoms with van der Waals surface area (Å²) in [6, 6.07) is 66.9. The molecular formula is C55H41N. The van der Waals surface area contributed by atoms with Gasteiger partial charge in [-0.2, -0.15) is 0 Å². The van der Waals surface area contributed by atoms with Crippen LogP contribution in [0, 0.1) is 0 Å². The Morgan fingerprint density at radius 3 is 1.11 bits per heavy atom. The molecule has 8 aromatic rings. The van der Waals surface area contributed by atoms with E-state index in [1.54, 1.807) is 0 Å². The van der Waals surface area contributed by atoms with E-state index in [-0.39, 0.29) is 10.8 Å². The van der Waals surface area contributed by atoms with Gasteiger partial charge in [0.2, 0.25) is 0 Å². The van der Waals surface area contributed by atoms with E-state index in [4.69, 9.17) is 0 Å². The molecule has 0 unspecified atom stereocenters.